The van der Waals surface area contributed by atoms with Gasteiger partial charge in [-0.1, -0.05) is 54.4 Å². The zero-order valence-corrected chi connectivity index (χ0v) is 12.5. The van der Waals surface area contributed by atoms with Gasteiger partial charge in [-0.2, -0.15) is 0 Å². The van der Waals surface area contributed by atoms with Crippen molar-refractivity contribution >= 4 is 5.91 Å². The minimum absolute atomic E-state index is 0.128. The van der Waals surface area contributed by atoms with Crippen molar-refractivity contribution in [2.24, 2.45) is 23.7 Å². The van der Waals surface area contributed by atoms with Crippen molar-refractivity contribution in [2.75, 3.05) is 6.54 Å². The van der Waals surface area contributed by atoms with Crippen LogP contribution in [-0.4, -0.2) is 12.5 Å². The summed E-state index contributed by atoms with van der Waals surface area (Å²) in [4.78, 5) is 11.9. The van der Waals surface area contributed by atoms with E-state index in [2.05, 4.69) is 46.9 Å². The highest BCUT2D eigenvalue weighted by Crippen LogP contribution is 2.26. The molecule has 17 heavy (non-hydrogen) atoms. The van der Waals surface area contributed by atoms with Crippen LogP contribution in [0.15, 0.2) is 0 Å². The summed E-state index contributed by atoms with van der Waals surface area (Å²) in [7, 11) is 0. The van der Waals surface area contributed by atoms with Crippen LogP contribution in [0.1, 0.15) is 60.8 Å². The van der Waals surface area contributed by atoms with Crippen LogP contribution in [0.2, 0.25) is 0 Å². The van der Waals surface area contributed by atoms with E-state index in [9.17, 15) is 4.79 Å². The third-order valence-electron chi connectivity index (χ3n) is 3.85. The number of rotatable bonds is 8. The summed E-state index contributed by atoms with van der Waals surface area (Å²) in [5, 5.41) is 2.99. The van der Waals surface area contributed by atoms with Crippen LogP contribution in [0.5, 0.6) is 0 Å². The first-order valence-corrected chi connectivity index (χ1v) is 7.17. The maximum absolute atomic E-state index is 11.9. The molecule has 0 radical (unpaired) electrons. The van der Waals surface area contributed by atoms with Gasteiger partial charge in [-0.05, 0) is 24.2 Å². The predicted molar refractivity (Wildman–Crippen MR) is 74.9 cm³/mol. The highest BCUT2D eigenvalue weighted by Gasteiger charge is 2.24. The van der Waals surface area contributed by atoms with E-state index in [1.54, 1.807) is 0 Å². The molecule has 0 aliphatic rings. The Morgan fingerprint density at radius 1 is 1.06 bits per heavy atom. The van der Waals surface area contributed by atoms with E-state index in [1.807, 2.05) is 0 Å². The first-order chi connectivity index (χ1) is 7.90. The maximum Gasteiger partial charge on any atom is 0.223 e. The van der Waals surface area contributed by atoms with Crippen molar-refractivity contribution in [3.05, 3.63) is 0 Å². The quantitative estimate of drug-likeness (QED) is 0.687. The van der Waals surface area contributed by atoms with E-state index in [1.165, 1.54) is 12.8 Å². The summed E-state index contributed by atoms with van der Waals surface area (Å²) in [6.07, 6.45) is 3.49. The second-order valence-corrected chi connectivity index (χ2v) is 5.89. The molecule has 0 aliphatic heterocycles. The van der Waals surface area contributed by atoms with Crippen molar-refractivity contribution in [1.82, 2.24) is 5.32 Å². The summed E-state index contributed by atoms with van der Waals surface area (Å²) < 4.78 is 0. The second kappa shape index (κ2) is 8.54. The first-order valence-electron chi connectivity index (χ1n) is 7.17. The van der Waals surface area contributed by atoms with E-state index in [0.717, 1.165) is 18.9 Å². The third kappa shape index (κ3) is 6.70. The summed E-state index contributed by atoms with van der Waals surface area (Å²) in [5.74, 6) is 2.19. The molecule has 0 fully saturated rings. The van der Waals surface area contributed by atoms with Gasteiger partial charge in [-0.3, -0.25) is 4.79 Å². The fourth-order valence-electron chi connectivity index (χ4n) is 2.00. The first kappa shape index (κ1) is 16.5. The van der Waals surface area contributed by atoms with Gasteiger partial charge in [-0.15, -0.1) is 0 Å². The summed E-state index contributed by atoms with van der Waals surface area (Å²) in [6.45, 7) is 13.9. The molecule has 0 saturated carbocycles. The lowest BCUT2D eigenvalue weighted by Gasteiger charge is -2.26. The average molecular weight is 241 g/mol. The van der Waals surface area contributed by atoms with Crippen LogP contribution in [0.4, 0.5) is 0 Å². The maximum atomic E-state index is 11.9. The van der Waals surface area contributed by atoms with Crippen LogP contribution >= 0.6 is 0 Å². The molecular weight excluding hydrogens is 210 g/mol. The van der Waals surface area contributed by atoms with Crippen molar-refractivity contribution in [3.63, 3.8) is 0 Å². The fourth-order valence-corrected chi connectivity index (χ4v) is 2.00. The lowest BCUT2D eigenvalue weighted by Crippen LogP contribution is -2.35. The van der Waals surface area contributed by atoms with Crippen LogP contribution in [-0.2, 0) is 4.79 Å². The number of nitrogens with one attached hydrogen (secondary N) is 1. The molecule has 3 unspecified atom stereocenters. The van der Waals surface area contributed by atoms with Gasteiger partial charge in [0.1, 0.15) is 0 Å². The third-order valence-corrected chi connectivity index (χ3v) is 3.85. The monoisotopic (exact) mass is 241 g/mol. The van der Waals surface area contributed by atoms with Gasteiger partial charge in [0.15, 0.2) is 0 Å². The molecule has 1 amide bonds. The fraction of sp³-hybridized carbons (Fsp3) is 0.933. The molecule has 0 heterocycles. The minimum Gasteiger partial charge on any atom is -0.356 e. The Labute approximate surface area is 108 Å². The van der Waals surface area contributed by atoms with Gasteiger partial charge in [-0.25, -0.2) is 0 Å². The van der Waals surface area contributed by atoms with Gasteiger partial charge >= 0.3 is 0 Å². The Kier molecular flexibility index (Phi) is 8.28. The van der Waals surface area contributed by atoms with Gasteiger partial charge < -0.3 is 5.32 Å². The molecule has 0 spiro atoms. The van der Waals surface area contributed by atoms with E-state index in [4.69, 9.17) is 0 Å². The van der Waals surface area contributed by atoms with E-state index in [-0.39, 0.29) is 11.8 Å². The van der Waals surface area contributed by atoms with Gasteiger partial charge in [0.05, 0.1) is 0 Å². The summed E-state index contributed by atoms with van der Waals surface area (Å²) in [5.41, 5.74) is 0. The molecule has 0 saturated heterocycles. The molecule has 0 aliphatic carbocycles. The lowest BCUT2D eigenvalue weighted by molar-refractivity contribution is -0.126. The molecule has 0 aromatic carbocycles. The molecule has 2 nitrogen and oxygen atoms in total. The van der Waals surface area contributed by atoms with Crippen LogP contribution in [0, 0.1) is 23.7 Å². The number of carbonyl (C=O) groups is 1. The standard InChI is InChI=1S/C15H31NO/c1-7-10-16-15(17)14(6)13(5)12(4)9-8-11(2)3/h11-14H,7-10H2,1-6H3,(H,16,17). The minimum atomic E-state index is 0.128. The SMILES string of the molecule is CCCNC(=O)C(C)C(C)C(C)CCC(C)C. The second-order valence-electron chi connectivity index (χ2n) is 5.89. The van der Waals surface area contributed by atoms with Gasteiger partial charge in [0.25, 0.3) is 0 Å². The zero-order chi connectivity index (χ0) is 13.4. The molecule has 0 bridgehead atoms. The summed E-state index contributed by atoms with van der Waals surface area (Å²) in [6, 6.07) is 0. The van der Waals surface area contributed by atoms with Gasteiger partial charge in [0.2, 0.25) is 5.91 Å². The largest absolute Gasteiger partial charge is 0.356 e. The van der Waals surface area contributed by atoms with Crippen LogP contribution in [0.3, 0.4) is 0 Å². The Morgan fingerprint density at radius 2 is 1.65 bits per heavy atom. The lowest BCUT2D eigenvalue weighted by atomic mass is 9.81. The average Bonchev–Trinajstić information content (AvgIpc) is 2.30. The molecule has 1 N–H and O–H groups in total. The van der Waals surface area contributed by atoms with Gasteiger partial charge in [0, 0.05) is 12.5 Å². The van der Waals surface area contributed by atoms with E-state index < -0.39 is 0 Å². The van der Waals surface area contributed by atoms with Crippen molar-refractivity contribution in [1.29, 1.82) is 0 Å². The molecule has 102 valence electrons. The number of hydrogen-bond donors (Lipinski definition) is 1. The van der Waals surface area contributed by atoms with Crippen molar-refractivity contribution < 1.29 is 4.79 Å². The Bertz CT molecular complexity index is 213. The summed E-state index contributed by atoms with van der Waals surface area (Å²) >= 11 is 0. The topological polar surface area (TPSA) is 29.1 Å². The molecule has 0 aromatic rings. The van der Waals surface area contributed by atoms with Crippen LogP contribution in [0.25, 0.3) is 0 Å². The molecule has 0 aromatic heterocycles. The Morgan fingerprint density at radius 3 is 2.12 bits per heavy atom. The number of amides is 1. The van der Waals surface area contributed by atoms with E-state index in [0.29, 0.717) is 11.8 Å². The van der Waals surface area contributed by atoms with Crippen molar-refractivity contribution in [3.8, 4) is 0 Å². The number of carbonyl (C=O) groups excluding carboxylic acids is 1. The Balaban J connectivity index is 4.09. The smallest absolute Gasteiger partial charge is 0.223 e. The molecule has 0 rings (SSSR count). The molecular formula is C15H31NO. The number of hydrogen-bond acceptors (Lipinski definition) is 1. The highest BCUT2D eigenvalue weighted by atomic mass is 16.1. The zero-order valence-electron chi connectivity index (χ0n) is 12.5. The van der Waals surface area contributed by atoms with E-state index >= 15 is 0 Å². The molecule has 2 heteroatoms. The Hall–Kier alpha value is -0.530. The predicted octanol–water partition coefficient (Wildman–Crippen LogP) is 3.86. The van der Waals surface area contributed by atoms with Crippen molar-refractivity contribution in [2.45, 2.75) is 60.8 Å². The normalized spacial score (nSPS) is 16.6. The highest BCUT2D eigenvalue weighted by molar-refractivity contribution is 5.78. The van der Waals surface area contributed by atoms with Crippen LogP contribution < -0.4 is 5.32 Å². The molecule has 3 atom stereocenters.